The van der Waals surface area contributed by atoms with Gasteiger partial charge in [-0.1, -0.05) is 56.7 Å². The molecule has 0 radical (unpaired) electrons. The van der Waals surface area contributed by atoms with Gasteiger partial charge in [-0.2, -0.15) is 0 Å². The van der Waals surface area contributed by atoms with E-state index in [0.29, 0.717) is 5.92 Å². The summed E-state index contributed by atoms with van der Waals surface area (Å²) in [5, 5.41) is 0. The minimum absolute atomic E-state index is 0.0419. The minimum Gasteiger partial charge on any atom is -0.293 e. The van der Waals surface area contributed by atoms with Gasteiger partial charge in [-0.05, 0) is 17.6 Å². The van der Waals surface area contributed by atoms with E-state index >= 15 is 0 Å². The number of carbonyl (C=O) groups excluding carboxylic acids is 1. The van der Waals surface area contributed by atoms with Gasteiger partial charge < -0.3 is 0 Å². The number of carbonyl (C=O) groups is 1. The highest BCUT2D eigenvalue weighted by molar-refractivity contribution is 5.95. The van der Waals surface area contributed by atoms with E-state index in [0.717, 1.165) is 19.5 Å². The first-order valence-electron chi connectivity index (χ1n) is 6.70. The van der Waals surface area contributed by atoms with Crippen LogP contribution in [0, 0.1) is 5.92 Å². The number of rotatable bonds is 4. The molecule has 2 rings (SSSR count). The summed E-state index contributed by atoms with van der Waals surface area (Å²) >= 11 is 0. The number of benzene rings is 1. The first kappa shape index (κ1) is 13.0. The van der Waals surface area contributed by atoms with Gasteiger partial charge in [0.2, 0.25) is 0 Å². The Labute approximate surface area is 109 Å². The molecule has 18 heavy (non-hydrogen) atoms. The third-order valence-electron chi connectivity index (χ3n) is 3.72. The second kappa shape index (κ2) is 5.96. The maximum absolute atomic E-state index is 12.1. The molecule has 96 valence electrons. The van der Waals surface area contributed by atoms with Crippen molar-refractivity contribution in [2.45, 2.75) is 32.9 Å². The van der Waals surface area contributed by atoms with Gasteiger partial charge in [0, 0.05) is 13.1 Å². The van der Waals surface area contributed by atoms with Crippen LogP contribution < -0.4 is 0 Å². The van der Waals surface area contributed by atoms with E-state index in [2.05, 4.69) is 43.0 Å². The maximum atomic E-state index is 12.1. The molecule has 1 aliphatic rings. The van der Waals surface area contributed by atoms with Gasteiger partial charge in [0.15, 0.2) is 5.78 Å². The predicted molar refractivity (Wildman–Crippen MR) is 74.2 cm³/mol. The fraction of sp³-hybridized carbons (Fsp3) is 0.438. The Morgan fingerprint density at radius 3 is 2.72 bits per heavy atom. The van der Waals surface area contributed by atoms with E-state index < -0.39 is 0 Å². The van der Waals surface area contributed by atoms with E-state index in [1.807, 2.05) is 12.1 Å². The Morgan fingerprint density at radius 1 is 1.33 bits per heavy atom. The second-order valence-corrected chi connectivity index (χ2v) is 5.05. The van der Waals surface area contributed by atoms with Crippen molar-refractivity contribution < 1.29 is 4.79 Å². The van der Waals surface area contributed by atoms with Crippen LogP contribution in [0.2, 0.25) is 0 Å². The average Bonchev–Trinajstić information content (AvgIpc) is 2.39. The smallest absolute Gasteiger partial charge is 0.172 e. The van der Waals surface area contributed by atoms with Gasteiger partial charge in [-0.15, -0.1) is 0 Å². The average molecular weight is 243 g/mol. The largest absolute Gasteiger partial charge is 0.293 e. The molecule has 1 aromatic carbocycles. The lowest BCUT2D eigenvalue weighted by Gasteiger charge is -2.35. The van der Waals surface area contributed by atoms with Crippen LogP contribution in [0.25, 0.3) is 0 Å². The molecule has 0 unspecified atom stereocenters. The molecule has 0 saturated carbocycles. The van der Waals surface area contributed by atoms with Crippen LogP contribution in [0.1, 0.15) is 25.8 Å². The van der Waals surface area contributed by atoms with Crippen LogP contribution in [0.3, 0.4) is 0 Å². The highest BCUT2D eigenvalue weighted by Crippen LogP contribution is 2.21. The second-order valence-electron chi connectivity index (χ2n) is 5.05. The van der Waals surface area contributed by atoms with Gasteiger partial charge in [-0.3, -0.25) is 9.69 Å². The van der Waals surface area contributed by atoms with Crippen molar-refractivity contribution in [2.75, 3.05) is 6.54 Å². The molecule has 0 amide bonds. The zero-order chi connectivity index (χ0) is 13.0. The Morgan fingerprint density at radius 2 is 2.06 bits per heavy atom. The van der Waals surface area contributed by atoms with E-state index in [4.69, 9.17) is 0 Å². The summed E-state index contributed by atoms with van der Waals surface area (Å²) in [5.41, 5.74) is 1.27. The van der Waals surface area contributed by atoms with Gasteiger partial charge in [0.1, 0.15) is 0 Å². The molecule has 1 aliphatic heterocycles. The predicted octanol–water partition coefficient (Wildman–Crippen LogP) is 3.04. The molecule has 2 heteroatoms. The van der Waals surface area contributed by atoms with Gasteiger partial charge in [-0.25, -0.2) is 0 Å². The molecule has 0 N–H and O–H groups in total. The summed E-state index contributed by atoms with van der Waals surface area (Å²) in [6.45, 7) is 6.04. The summed E-state index contributed by atoms with van der Waals surface area (Å²) < 4.78 is 0. The number of hydrogen-bond donors (Lipinski definition) is 0. The van der Waals surface area contributed by atoms with Gasteiger partial charge in [0.25, 0.3) is 0 Å². The fourth-order valence-corrected chi connectivity index (χ4v) is 2.54. The summed E-state index contributed by atoms with van der Waals surface area (Å²) in [4.78, 5) is 14.4. The van der Waals surface area contributed by atoms with Crippen molar-refractivity contribution in [1.29, 1.82) is 0 Å². The fourth-order valence-electron chi connectivity index (χ4n) is 2.54. The number of nitrogens with zero attached hydrogens (tertiary/aromatic N) is 1. The third-order valence-corrected chi connectivity index (χ3v) is 3.72. The maximum Gasteiger partial charge on any atom is 0.172 e. The summed E-state index contributed by atoms with van der Waals surface area (Å²) in [6, 6.07) is 10.4. The van der Waals surface area contributed by atoms with E-state index in [1.165, 1.54) is 5.56 Å². The molecule has 0 aliphatic carbocycles. The molecular formula is C16H21NO. The van der Waals surface area contributed by atoms with Crippen LogP contribution in [-0.4, -0.2) is 23.3 Å². The lowest BCUT2D eigenvalue weighted by atomic mass is 9.91. The zero-order valence-corrected chi connectivity index (χ0v) is 11.2. The summed E-state index contributed by atoms with van der Waals surface area (Å²) in [5.74, 6) is 0.665. The standard InChI is InChI=1S/C16H21NO/c1-3-13(2)16-15(18)10-7-11-17(16)12-14-8-5-4-6-9-14/h4-10,13,16H,3,11-12H2,1-2H3/t13-,16-/m0/s1. The highest BCUT2D eigenvalue weighted by Gasteiger charge is 2.30. The van der Waals surface area contributed by atoms with Crippen molar-refractivity contribution >= 4 is 5.78 Å². The Kier molecular flexibility index (Phi) is 4.32. The third kappa shape index (κ3) is 2.88. The van der Waals surface area contributed by atoms with Crippen LogP contribution in [0.15, 0.2) is 42.5 Å². The molecule has 1 heterocycles. The van der Waals surface area contributed by atoms with Crippen LogP contribution >= 0.6 is 0 Å². The molecule has 0 saturated heterocycles. The van der Waals surface area contributed by atoms with Crippen molar-refractivity contribution in [3.8, 4) is 0 Å². The molecule has 0 aromatic heterocycles. The normalized spacial score (nSPS) is 22.1. The van der Waals surface area contributed by atoms with Crippen molar-refractivity contribution in [3.63, 3.8) is 0 Å². The molecular weight excluding hydrogens is 222 g/mol. The highest BCUT2D eigenvalue weighted by atomic mass is 16.1. The lowest BCUT2D eigenvalue weighted by molar-refractivity contribution is -0.122. The zero-order valence-electron chi connectivity index (χ0n) is 11.2. The van der Waals surface area contributed by atoms with Crippen LogP contribution in [0.4, 0.5) is 0 Å². The van der Waals surface area contributed by atoms with E-state index in [9.17, 15) is 4.79 Å². The summed E-state index contributed by atoms with van der Waals surface area (Å²) in [6.07, 6.45) is 4.76. The Bertz CT molecular complexity index is 424. The molecule has 2 atom stereocenters. The molecule has 0 fully saturated rings. The van der Waals surface area contributed by atoms with Crippen molar-refractivity contribution in [1.82, 2.24) is 4.90 Å². The minimum atomic E-state index is 0.0419. The quantitative estimate of drug-likeness (QED) is 0.810. The first-order valence-corrected chi connectivity index (χ1v) is 6.70. The number of ketones is 1. The van der Waals surface area contributed by atoms with Gasteiger partial charge >= 0.3 is 0 Å². The van der Waals surface area contributed by atoms with E-state index in [1.54, 1.807) is 6.08 Å². The van der Waals surface area contributed by atoms with Crippen LogP contribution in [0.5, 0.6) is 0 Å². The monoisotopic (exact) mass is 243 g/mol. The number of hydrogen-bond acceptors (Lipinski definition) is 2. The SMILES string of the molecule is CC[C@H](C)[C@H]1C(=O)C=CCN1Cc1ccccc1. The van der Waals surface area contributed by atoms with Crippen molar-refractivity contribution in [3.05, 3.63) is 48.0 Å². The van der Waals surface area contributed by atoms with Crippen LogP contribution in [-0.2, 0) is 11.3 Å². The lowest BCUT2D eigenvalue weighted by Crippen LogP contribution is -2.46. The molecule has 0 spiro atoms. The summed E-state index contributed by atoms with van der Waals surface area (Å²) in [7, 11) is 0. The van der Waals surface area contributed by atoms with Crippen molar-refractivity contribution in [2.24, 2.45) is 5.92 Å². The molecule has 0 bridgehead atoms. The van der Waals surface area contributed by atoms with Gasteiger partial charge in [0.05, 0.1) is 6.04 Å². The Hall–Kier alpha value is -1.41. The topological polar surface area (TPSA) is 20.3 Å². The molecule has 2 nitrogen and oxygen atoms in total. The Balaban J connectivity index is 2.14. The molecule has 1 aromatic rings. The first-order chi connectivity index (χ1) is 8.72. The van der Waals surface area contributed by atoms with E-state index in [-0.39, 0.29) is 11.8 Å².